The van der Waals surface area contributed by atoms with Crippen LogP contribution in [-0.2, 0) is 0 Å². The summed E-state index contributed by atoms with van der Waals surface area (Å²) in [5, 5.41) is 3.47. The molecule has 1 fully saturated rings. The summed E-state index contributed by atoms with van der Waals surface area (Å²) in [6.45, 7) is 11.8. The molecular weight excluding hydrogens is 258 g/mol. The monoisotopic (exact) mass is 289 g/mol. The van der Waals surface area contributed by atoms with Gasteiger partial charge in [0.2, 0.25) is 0 Å². The first-order chi connectivity index (χ1) is 10.2. The zero-order valence-corrected chi connectivity index (χ0v) is 13.9. The summed E-state index contributed by atoms with van der Waals surface area (Å²) in [4.78, 5) is 5.21. The van der Waals surface area contributed by atoms with Gasteiger partial charge >= 0.3 is 0 Å². The minimum Gasteiger partial charge on any atom is -0.313 e. The minimum absolute atomic E-state index is 0.472. The maximum absolute atomic E-state index is 3.47. The van der Waals surface area contributed by atoms with Gasteiger partial charge in [0.25, 0.3) is 0 Å². The fraction of sp³-hybridized carbons (Fsp3) is 0.667. The molecule has 0 amide bonds. The van der Waals surface area contributed by atoms with Crippen LogP contribution in [0, 0.1) is 6.92 Å². The maximum atomic E-state index is 3.47. The van der Waals surface area contributed by atoms with Crippen LogP contribution in [0.25, 0.3) is 0 Å². The predicted octanol–water partition coefficient (Wildman–Crippen LogP) is 2.67. The van der Waals surface area contributed by atoms with E-state index >= 15 is 0 Å². The fourth-order valence-corrected chi connectivity index (χ4v) is 3.14. The Morgan fingerprint density at radius 3 is 2.10 bits per heavy atom. The van der Waals surface area contributed by atoms with Crippen LogP contribution >= 0.6 is 0 Å². The molecule has 3 heteroatoms. The summed E-state index contributed by atoms with van der Waals surface area (Å²) in [5.74, 6) is 0. The highest BCUT2D eigenvalue weighted by Crippen LogP contribution is 2.18. The Kier molecular flexibility index (Phi) is 6.68. The molecule has 1 heterocycles. The third-order valence-corrected chi connectivity index (χ3v) is 4.57. The highest BCUT2D eigenvalue weighted by Gasteiger charge is 2.17. The van der Waals surface area contributed by atoms with Crippen molar-refractivity contribution in [2.24, 2.45) is 0 Å². The second kappa shape index (κ2) is 8.52. The SMILES string of the molecule is CCCN1CCN(CCC(NC)c2ccc(C)cc2)CC1. The quantitative estimate of drug-likeness (QED) is 0.832. The summed E-state index contributed by atoms with van der Waals surface area (Å²) in [5.41, 5.74) is 2.74. The van der Waals surface area contributed by atoms with Gasteiger partial charge < -0.3 is 15.1 Å². The van der Waals surface area contributed by atoms with Crippen molar-refractivity contribution < 1.29 is 0 Å². The number of hydrogen-bond acceptors (Lipinski definition) is 3. The maximum Gasteiger partial charge on any atom is 0.0329 e. The standard InChI is InChI=1S/C18H31N3/c1-4-10-20-12-14-21(15-13-20)11-9-18(19-3)17-7-5-16(2)6-8-17/h5-8,18-19H,4,9-15H2,1-3H3. The number of nitrogens with one attached hydrogen (secondary N) is 1. The first kappa shape index (κ1) is 16.5. The summed E-state index contributed by atoms with van der Waals surface area (Å²) in [6.07, 6.45) is 2.46. The largest absolute Gasteiger partial charge is 0.313 e. The number of benzene rings is 1. The van der Waals surface area contributed by atoms with Gasteiger partial charge in [-0.15, -0.1) is 0 Å². The molecule has 1 aliphatic rings. The van der Waals surface area contributed by atoms with Crippen molar-refractivity contribution in [1.29, 1.82) is 0 Å². The third-order valence-electron chi connectivity index (χ3n) is 4.57. The van der Waals surface area contributed by atoms with Crippen LogP contribution in [-0.4, -0.2) is 56.1 Å². The van der Waals surface area contributed by atoms with E-state index in [0.717, 1.165) is 0 Å². The van der Waals surface area contributed by atoms with Gasteiger partial charge in [-0.05, 0) is 38.9 Å². The molecule has 3 nitrogen and oxygen atoms in total. The summed E-state index contributed by atoms with van der Waals surface area (Å²) < 4.78 is 0. The van der Waals surface area contributed by atoms with Crippen molar-refractivity contribution >= 4 is 0 Å². The first-order valence-electron chi connectivity index (χ1n) is 8.41. The van der Waals surface area contributed by atoms with Gasteiger partial charge in [0.05, 0.1) is 0 Å². The topological polar surface area (TPSA) is 18.5 Å². The summed E-state index contributed by atoms with van der Waals surface area (Å²) in [6, 6.07) is 9.41. The average Bonchev–Trinajstić information content (AvgIpc) is 2.51. The molecule has 0 bridgehead atoms. The van der Waals surface area contributed by atoms with Crippen molar-refractivity contribution in [3.05, 3.63) is 35.4 Å². The Hall–Kier alpha value is -0.900. The number of hydrogen-bond donors (Lipinski definition) is 1. The third kappa shape index (κ3) is 5.10. The molecule has 0 aliphatic carbocycles. The zero-order valence-electron chi connectivity index (χ0n) is 13.9. The Morgan fingerprint density at radius 2 is 1.57 bits per heavy atom. The van der Waals surface area contributed by atoms with Crippen molar-refractivity contribution in [3.63, 3.8) is 0 Å². The van der Waals surface area contributed by atoms with E-state index in [0.29, 0.717) is 6.04 Å². The van der Waals surface area contributed by atoms with Gasteiger partial charge in [-0.2, -0.15) is 0 Å². The van der Waals surface area contributed by atoms with Crippen LogP contribution in [0.4, 0.5) is 0 Å². The van der Waals surface area contributed by atoms with Crippen molar-refractivity contribution in [2.75, 3.05) is 46.3 Å². The molecule has 2 rings (SSSR count). The molecule has 1 saturated heterocycles. The average molecular weight is 289 g/mol. The van der Waals surface area contributed by atoms with E-state index in [1.54, 1.807) is 0 Å². The van der Waals surface area contributed by atoms with Gasteiger partial charge in [0.15, 0.2) is 0 Å². The highest BCUT2D eigenvalue weighted by atomic mass is 15.3. The first-order valence-corrected chi connectivity index (χ1v) is 8.41. The molecule has 21 heavy (non-hydrogen) atoms. The number of piperazine rings is 1. The lowest BCUT2D eigenvalue weighted by Crippen LogP contribution is -2.47. The van der Waals surface area contributed by atoms with Crippen LogP contribution in [0.3, 0.4) is 0 Å². The van der Waals surface area contributed by atoms with Crippen LogP contribution in [0.2, 0.25) is 0 Å². The smallest absolute Gasteiger partial charge is 0.0329 e. The number of nitrogens with zero attached hydrogens (tertiary/aromatic N) is 2. The molecule has 1 aromatic rings. The fourth-order valence-electron chi connectivity index (χ4n) is 3.14. The lowest BCUT2D eigenvalue weighted by Gasteiger charge is -2.35. The van der Waals surface area contributed by atoms with E-state index in [-0.39, 0.29) is 0 Å². The van der Waals surface area contributed by atoms with Crippen LogP contribution in [0.15, 0.2) is 24.3 Å². The van der Waals surface area contributed by atoms with Gasteiger partial charge in [-0.25, -0.2) is 0 Å². The van der Waals surface area contributed by atoms with Crippen molar-refractivity contribution in [2.45, 2.75) is 32.7 Å². The van der Waals surface area contributed by atoms with E-state index in [2.05, 4.69) is 60.3 Å². The molecule has 0 spiro atoms. The summed E-state index contributed by atoms with van der Waals surface area (Å²) >= 11 is 0. The van der Waals surface area contributed by atoms with E-state index in [9.17, 15) is 0 Å². The highest BCUT2D eigenvalue weighted by molar-refractivity contribution is 5.24. The van der Waals surface area contributed by atoms with E-state index in [4.69, 9.17) is 0 Å². The summed E-state index contributed by atoms with van der Waals surface area (Å²) in [7, 11) is 2.07. The van der Waals surface area contributed by atoms with Gasteiger partial charge in [0, 0.05) is 38.8 Å². The van der Waals surface area contributed by atoms with Gasteiger partial charge in [-0.3, -0.25) is 0 Å². The molecule has 1 aliphatic heterocycles. The lowest BCUT2D eigenvalue weighted by molar-refractivity contribution is 0.129. The second-order valence-electron chi connectivity index (χ2n) is 6.22. The molecule has 118 valence electrons. The van der Waals surface area contributed by atoms with Gasteiger partial charge in [0.1, 0.15) is 0 Å². The minimum atomic E-state index is 0.472. The molecular formula is C18H31N3. The molecule has 0 radical (unpaired) electrons. The van der Waals surface area contributed by atoms with E-state index in [1.165, 1.54) is 63.2 Å². The Bertz CT molecular complexity index is 393. The van der Waals surface area contributed by atoms with Crippen LogP contribution < -0.4 is 5.32 Å². The van der Waals surface area contributed by atoms with E-state index in [1.807, 2.05) is 0 Å². The van der Waals surface area contributed by atoms with Crippen LogP contribution in [0.1, 0.15) is 36.9 Å². The zero-order chi connectivity index (χ0) is 15.1. The number of rotatable bonds is 7. The van der Waals surface area contributed by atoms with Crippen molar-refractivity contribution in [1.82, 2.24) is 15.1 Å². The second-order valence-corrected chi connectivity index (χ2v) is 6.22. The Balaban J connectivity index is 1.77. The molecule has 1 unspecified atom stereocenters. The molecule has 1 atom stereocenters. The predicted molar refractivity (Wildman–Crippen MR) is 90.8 cm³/mol. The normalized spacial score (nSPS) is 18.8. The molecule has 1 N–H and O–H groups in total. The van der Waals surface area contributed by atoms with E-state index < -0.39 is 0 Å². The molecule has 0 saturated carbocycles. The Labute approximate surface area is 130 Å². The number of aryl methyl sites for hydroxylation is 1. The van der Waals surface area contributed by atoms with Crippen molar-refractivity contribution in [3.8, 4) is 0 Å². The molecule has 0 aromatic heterocycles. The lowest BCUT2D eigenvalue weighted by atomic mass is 10.0. The molecule has 1 aromatic carbocycles. The Morgan fingerprint density at radius 1 is 1.00 bits per heavy atom. The van der Waals surface area contributed by atoms with Crippen LogP contribution in [0.5, 0.6) is 0 Å². The van der Waals surface area contributed by atoms with Gasteiger partial charge in [-0.1, -0.05) is 36.8 Å².